The lowest BCUT2D eigenvalue weighted by Crippen LogP contribution is -2.49. The quantitative estimate of drug-likeness (QED) is 0.758. The van der Waals surface area contributed by atoms with Crippen LogP contribution in [0.15, 0.2) is 5.16 Å². The van der Waals surface area contributed by atoms with Crippen molar-refractivity contribution in [2.45, 2.75) is 80.8 Å². The zero-order valence-corrected chi connectivity index (χ0v) is 16.8. The van der Waals surface area contributed by atoms with Crippen LogP contribution in [0.25, 0.3) is 0 Å². The molecule has 7 rings (SSSR count). The molecule has 5 nitrogen and oxygen atoms in total. The van der Waals surface area contributed by atoms with E-state index in [0.717, 1.165) is 40.6 Å². The van der Waals surface area contributed by atoms with E-state index in [4.69, 9.17) is 4.98 Å². The summed E-state index contributed by atoms with van der Waals surface area (Å²) in [5.74, 6) is 6.02. The van der Waals surface area contributed by atoms with E-state index in [1.165, 1.54) is 76.0 Å². The molecule has 6 heteroatoms. The van der Waals surface area contributed by atoms with E-state index in [2.05, 4.69) is 15.5 Å². The van der Waals surface area contributed by atoms with Crippen molar-refractivity contribution in [1.82, 2.24) is 20.5 Å². The number of aromatic nitrogens is 3. The van der Waals surface area contributed by atoms with Crippen LogP contribution >= 0.6 is 11.8 Å². The number of fused-ring (bicyclic) bond motifs is 2. The minimum absolute atomic E-state index is 0.152. The summed E-state index contributed by atoms with van der Waals surface area (Å²) in [7, 11) is 0. The van der Waals surface area contributed by atoms with Crippen LogP contribution in [-0.4, -0.2) is 32.9 Å². The molecule has 0 unspecified atom stereocenters. The third-order valence-electron chi connectivity index (χ3n) is 8.42. The summed E-state index contributed by atoms with van der Waals surface area (Å²) in [5.41, 5.74) is 0.256. The molecular formula is C21H30N4OS. The van der Waals surface area contributed by atoms with Gasteiger partial charge < -0.3 is 5.32 Å². The molecule has 1 aromatic heterocycles. The number of amides is 1. The molecule has 27 heavy (non-hydrogen) atoms. The number of aromatic amines is 1. The van der Waals surface area contributed by atoms with Gasteiger partial charge in [0.05, 0.1) is 5.75 Å². The number of H-pyrrole nitrogens is 1. The van der Waals surface area contributed by atoms with Gasteiger partial charge in [0, 0.05) is 11.5 Å². The summed E-state index contributed by atoms with van der Waals surface area (Å²) in [6, 6.07) is 0.423. The molecule has 1 aromatic rings. The average molecular weight is 387 g/mol. The number of carbonyl (C=O) groups is 1. The Morgan fingerprint density at radius 2 is 1.78 bits per heavy atom. The lowest BCUT2D eigenvalue weighted by atomic mass is 9.49. The van der Waals surface area contributed by atoms with Gasteiger partial charge in [-0.2, -0.15) is 0 Å². The average Bonchev–Trinajstić information content (AvgIpc) is 3.36. The second kappa shape index (κ2) is 6.23. The van der Waals surface area contributed by atoms with Crippen LogP contribution in [0.4, 0.5) is 0 Å². The van der Waals surface area contributed by atoms with Gasteiger partial charge in [0.15, 0.2) is 0 Å². The molecule has 6 bridgehead atoms. The second-order valence-corrected chi connectivity index (χ2v) is 11.2. The lowest BCUT2D eigenvalue weighted by Gasteiger charge is -2.55. The van der Waals surface area contributed by atoms with E-state index < -0.39 is 0 Å². The smallest absolute Gasteiger partial charge is 0.230 e. The van der Waals surface area contributed by atoms with Crippen molar-refractivity contribution in [1.29, 1.82) is 0 Å². The third kappa shape index (κ3) is 2.93. The number of rotatable bonds is 5. The van der Waals surface area contributed by atoms with E-state index in [-0.39, 0.29) is 11.3 Å². The molecule has 0 spiro atoms. The molecule has 0 aliphatic heterocycles. The van der Waals surface area contributed by atoms with Gasteiger partial charge in [-0.3, -0.25) is 9.89 Å². The van der Waals surface area contributed by atoms with Gasteiger partial charge >= 0.3 is 0 Å². The molecule has 1 heterocycles. The fourth-order valence-electron chi connectivity index (χ4n) is 7.75. The lowest BCUT2D eigenvalue weighted by molar-refractivity contribution is -0.119. The predicted octanol–water partition coefficient (Wildman–Crippen LogP) is 3.67. The minimum Gasteiger partial charge on any atom is -0.352 e. The summed E-state index contributed by atoms with van der Waals surface area (Å²) >= 11 is 1.49. The number of thioether (sulfide) groups is 1. The van der Waals surface area contributed by atoms with Crippen molar-refractivity contribution in [2.75, 3.05) is 5.75 Å². The Hall–Kier alpha value is -1.04. The van der Waals surface area contributed by atoms with Crippen molar-refractivity contribution in [3.63, 3.8) is 0 Å². The number of nitrogens with one attached hydrogen (secondary N) is 2. The van der Waals surface area contributed by atoms with Crippen molar-refractivity contribution < 1.29 is 4.79 Å². The number of hydrogen-bond donors (Lipinski definition) is 2. The van der Waals surface area contributed by atoms with Crippen LogP contribution in [0, 0.1) is 29.6 Å². The Bertz CT molecular complexity index is 711. The first-order chi connectivity index (χ1) is 13.1. The van der Waals surface area contributed by atoms with Crippen molar-refractivity contribution in [3.05, 3.63) is 5.82 Å². The summed E-state index contributed by atoms with van der Waals surface area (Å²) in [4.78, 5) is 17.2. The molecule has 1 amide bonds. The van der Waals surface area contributed by atoms with Gasteiger partial charge in [0.25, 0.3) is 0 Å². The van der Waals surface area contributed by atoms with Gasteiger partial charge in [-0.15, -0.1) is 5.10 Å². The van der Waals surface area contributed by atoms with E-state index in [1.807, 2.05) is 0 Å². The van der Waals surface area contributed by atoms with E-state index in [0.29, 0.717) is 11.8 Å². The maximum atomic E-state index is 12.4. The minimum atomic E-state index is 0.152. The Labute approximate surface area is 165 Å². The van der Waals surface area contributed by atoms with Gasteiger partial charge in [0.2, 0.25) is 11.1 Å². The normalized spacial score (nSPS) is 44.1. The van der Waals surface area contributed by atoms with Crippen LogP contribution < -0.4 is 5.32 Å². The highest BCUT2D eigenvalue weighted by atomic mass is 32.2. The van der Waals surface area contributed by atoms with Crippen molar-refractivity contribution >= 4 is 17.7 Å². The van der Waals surface area contributed by atoms with Gasteiger partial charge in [-0.05, 0) is 87.4 Å². The zero-order valence-electron chi connectivity index (χ0n) is 16.0. The first kappa shape index (κ1) is 16.9. The SMILES string of the molecule is O=C(CSc1n[nH]c(C23CC4CC(CC(C4)C2)C3)n1)N[C@H]1C[C@H]2CC[C@H]1C2. The maximum absolute atomic E-state index is 12.4. The van der Waals surface area contributed by atoms with Gasteiger partial charge in [0.1, 0.15) is 5.82 Å². The van der Waals surface area contributed by atoms with Gasteiger partial charge in [-0.1, -0.05) is 18.2 Å². The fourth-order valence-corrected chi connectivity index (χ4v) is 8.36. The highest BCUT2D eigenvalue weighted by molar-refractivity contribution is 7.99. The summed E-state index contributed by atoms with van der Waals surface area (Å²) < 4.78 is 0. The van der Waals surface area contributed by atoms with Crippen molar-refractivity contribution in [3.8, 4) is 0 Å². The summed E-state index contributed by atoms with van der Waals surface area (Å²) in [6.07, 6.45) is 13.4. The molecule has 6 saturated carbocycles. The fraction of sp³-hybridized carbons (Fsp3) is 0.857. The Kier molecular flexibility index (Phi) is 3.89. The predicted molar refractivity (Wildman–Crippen MR) is 104 cm³/mol. The molecule has 2 N–H and O–H groups in total. The van der Waals surface area contributed by atoms with Crippen molar-refractivity contribution in [2.24, 2.45) is 29.6 Å². The molecule has 6 aliphatic carbocycles. The molecule has 3 atom stereocenters. The number of hydrogen-bond acceptors (Lipinski definition) is 4. The standard InChI is InChI=1S/C21H30N4OS/c26-18(22-17-7-12-1-2-16(17)6-12)11-27-20-23-19(24-25-20)21-8-13-3-14(9-21)5-15(4-13)10-21/h12-17H,1-11H2,(H,22,26)(H,23,24,25)/t12-,13?,14?,15?,16-,17-,21?/m0/s1. The van der Waals surface area contributed by atoms with Crippen LogP contribution in [-0.2, 0) is 10.2 Å². The molecule has 0 saturated heterocycles. The van der Waals surface area contributed by atoms with E-state index in [9.17, 15) is 4.79 Å². The largest absolute Gasteiger partial charge is 0.352 e. The Balaban J connectivity index is 1.07. The number of carbonyl (C=O) groups excluding carboxylic acids is 1. The number of nitrogens with zero attached hydrogens (tertiary/aromatic N) is 2. The zero-order chi connectivity index (χ0) is 18.0. The van der Waals surface area contributed by atoms with Crippen LogP contribution in [0.3, 0.4) is 0 Å². The Morgan fingerprint density at radius 1 is 1.04 bits per heavy atom. The highest BCUT2D eigenvalue weighted by Gasteiger charge is 2.53. The molecular weight excluding hydrogens is 356 g/mol. The van der Waals surface area contributed by atoms with E-state index >= 15 is 0 Å². The first-order valence-corrected chi connectivity index (χ1v) is 12.0. The van der Waals surface area contributed by atoms with Crippen LogP contribution in [0.2, 0.25) is 0 Å². The molecule has 0 aromatic carbocycles. The van der Waals surface area contributed by atoms with Crippen LogP contribution in [0.1, 0.15) is 70.0 Å². The van der Waals surface area contributed by atoms with Crippen LogP contribution in [0.5, 0.6) is 0 Å². The molecule has 0 radical (unpaired) electrons. The molecule has 6 fully saturated rings. The first-order valence-electron chi connectivity index (χ1n) is 11.0. The molecule has 146 valence electrons. The monoisotopic (exact) mass is 386 g/mol. The van der Waals surface area contributed by atoms with Gasteiger partial charge in [-0.25, -0.2) is 4.98 Å². The topological polar surface area (TPSA) is 70.7 Å². The summed E-state index contributed by atoms with van der Waals surface area (Å²) in [5, 5.41) is 11.8. The summed E-state index contributed by atoms with van der Waals surface area (Å²) in [6.45, 7) is 0. The van der Waals surface area contributed by atoms with E-state index in [1.54, 1.807) is 0 Å². The second-order valence-electron chi connectivity index (χ2n) is 10.3. The third-order valence-corrected chi connectivity index (χ3v) is 9.27. The Morgan fingerprint density at radius 3 is 2.41 bits per heavy atom. The molecule has 6 aliphatic rings. The maximum Gasteiger partial charge on any atom is 0.230 e. The highest BCUT2D eigenvalue weighted by Crippen LogP contribution is 2.60.